The van der Waals surface area contributed by atoms with Gasteiger partial charge in [-0.05, 0) is 26.0 Å². The number of rotatable bonds is 6. The van der Waals surface area contributed by atoms with Crippen molar-refractivity contribution in [2.75, 3.05) is 33.3 Å². The molecule has 7 heteroatoms. The molecule has 1 amide bonds. The predicted octanol–water partition coefficient (Wildman–Crippen LogP) is 0.742. The number of carbonyl (C=O) groups is 1. The van der Waals surface area contributed by atoms with Crippen LogP contribution in [-0.4, -0.2) is 64.8 Å². The molecule has 1 saturated heterocycles. The van der Waals surface area contributed by atoms with Gasteiger partial charge in [0.05, 0.1) is 6.61 Å². The Kier molecular flexibility index (Phi) is 5.67. The summed E-state index contributed by atoms with van der Waals surface area (Å²) in [5.41, 5.74) is -1.47. The zero-order chi connectivity index (χ0) is 17.0. The van der Waals surface area contributed by atoms with Crippen LogP contribution >= 0.6 is 0 Å². The number of hydrogen-bond acceptors (Lipinski definition) is 4. The van der Waals surface area contributed by atoms with Crippen LogP contribution in [0, 0.1) is 11.6 Å². The van der Waals surface area contributed by atoms with Crippen LogP contribution in [0.2, 0.25) is 0 Å². The van der Waals surface area contributed by atoms with Crippen molar-refractivity contribution in [3.05, 3.63) is 35.4 Å². The number of piperidine rings is 1. The summed E-state index contributed by atoms with van der Waals surface area (Å²) >= 11 is 0. The first-order chi connectivity index (χ1) is 10.9. The maximum atomic E-state index is 13.8. The first-order valence-electron chi connectivity index (χ1n) is 7.61. The maximum absolute atomic E-state index is 13.8. The molecule has 1 aliphatic heterocycles. The van der Waals surface area contributed by atoms with E-state index in [2.05, 4.69) is 0 Å². The Morgan fingerprint density at radius 2 is 2.13 bits per heavy atom. The molecule has 1 aromatic rings. The maximum Gasteiger partial charge on any atom is 0.256 e. The number of carbonyl (C=O) groups excluding carboxylic acids is 1. The summed E-state index contributed by atoms with van der Waals surface area (Å²) in [5, 5.41) is 19.6. The van der Waals surface area contributed by atoms with Gasteiger partial charge in [0.15, 0.2) is 17.2 Å². The van der Waals surface area contributed by atoms with E-state index in [9.17, 15) is 18.7 Å². The van der Waals surface area contributed by atoms with Gasteiger partial charge in [-0.2, -0.15) is 0 Å². The monoisotopic (exact) mass is 328 g/mol. The van der Waals surface area contributed by atoms with Gasteiger partial charge in [0, 0.05) is 31.7 Å². The molecule has 5 nitrogen and oxygen atoms in total. The molecule has 0 aliphatic carbocycles. The number of likely N-dealkylation sites (N-methyl/N-ethyl adjacent to an activating group) is 1. The van der Waals surface area contributed by atoms with Gasteiger partial charge in [0.1, 0.15) is 0 Å². The Morgan fingerprint density at radius 3 is 2.83 bits per heavy atom. The van der Waals surface area contributed by atoms with E-state index < -0.39 is 23.1 Å². The summed E-state index contributed by atoms with van der Waals surface area (Å²) in [6.45, 7) is 0.677. The second kappa shape index (κ2) is 7.33. The molecule has 23 heavy (non-hydrogen) atoms. The van der Waals surface area contributed by atoms with Crippen LogP contribution in [-0.2, 0) is 11.3 Å². The zero-order valence-electron chi connectivity index (χ0n) is 13.1. The molecular weight excluding hydrogens is 306 g/mol. The van der Waals surface area contributed by atoms with Crippen molar-refractivity contribution in [2.45, 2.75) is 25.0 Å². The number of aliphatic hydroxyl groups is 2. The predicted molar refractivity (Wildman–Crippen MR) is 80.5 cm³/mol. The Hall–Kier alpha value is -1.57. The Balaban J connectivity index is 2.11. The van der Waals surface area contributed by atoms with Crippen LogP contribution in [0.3, 0.4) is 0 Å². The van der Waals surface area contributed by atoms with Crippen LogP contribution in [0.5, 0.6) is 0 Å². The molecule has 2 rings (SSSR count). The minimum Gasteiger partial charge on any atom is -0.395 e. The fourth-order valence-corrected chi connectivity index (χ4v) is 2.94. The first kappa shape index (κ1) is 17.8. The Bertz CT molecular complexity index is 570. The lowest BCUT2D eigenvalue weighted by Crippen LogP contribution is -2.58. The van der Waals surface area contributed by atoms with E-state index in [0.29, 0.717) is 25.9 Å². The molecular formula is C16H22F2N2O3. The van der Waals surface area contributed by atoms with Crippen LogP contribution in [0.4, 0.5) is 8.78 Å². The molecule has 0 radical (unpaired) electrons. The van der Waals surface area contributed by atoms with Crippen molar-refractivity contribution in [2.24, 2.45) is 0 Å². The Labute approximate surface area is 134 Å². The number of amides is 1. The van der Waals surface area contributed by atoms with Crippen LogP contribution < -0.4 is 0 Å². The van der Waals surface area contributed by atoms with Gasteiger partial charge in [-0.15, -0.1) is 0 Å². The largest absolute Gasteiger partial charge is 0.395 e. The van der Waals surface area contributed by atoms with Crippen molar-refractivity contribution in [3.8, 4) is 0 Å². The van der Waals surface area contributed by atoms with Gasteiger partial charge in [-0.25, -0.2) is 8.78 Å². The number of nitrogens with zero attached hydrogens (tertiary/aromatic N) is 2. The number of hydrogen-bond donors (Lipinski definition) is 2. The van der Waals surface area contributed by atoms with Gasteiger partial charge < -0.3 is 20.0 Å². The van der Waals surface area contributed by atoms with E-state index in [-0.39, 0.29) is 25.3 Å². The third kappa shape index (κ3) is 4.04. The van der Waals surface area contributed by atoms with Crippen LogP contribution in [0.15, 0.2) is 18.2 Å². The second-order valence-electron chi connectivity index (χ2n) is 6.04. The first-order valence-corrected chi connectivity index (χ1v) is 7.61. The van der Waals surface area contributed by atoms with Crippen molar-refractivity contribution in [1.82, 2.24) is 9.80 Å². The Morgan fingerprint density at radius 1 is 1.39 bits per heavy atom. The molecule has 128 valence electrons. The SMILES string of the molecule is CN(CCO)CC1(O)CCCN(Cc2cccc(F)c2F)C1=O. The highest BCUT2D eigenvalue weighted by Crippen LogP contribution is 2.26. The molecule has 2 N–H and O–H groups in total. The minimum absolute atomic E-state index is 0.0704. The summed E-state index contributed by atoms with van der Waals surface area (Å²) in [7, 11) is 1.70. The third-order valence-electron chi connectivity index (χ3n) is 4.11. The zero-order valence-corrected chi connectivity index (χ0v) is 13.1. The summed E-state index contributed by atoms with van der Waals surface area (Å²) in [4.78, 5) is 15.6. The fourth-order valence-electron chi connectivity index (χ4n) is 2.94. The van der Waals surface area contributed by atoms with Gasteiger partial charge >= 0.3 is 0 Å². The number of benzene rings is 1. The molecule has 1 atom stereocenters. The molecule has 1 fully saturated rings. The summed E-state index contributed by atoms with van der Waals surface area (Å²) in [6.07, 6.45) is 0.885. The van der Waals surface area contributed by atoms with Crippen molar-refractivity contribution < 1.29 is 23.8 Å². The van der Waals surface area contributed by atoms with E-state index in [1.165, 1.54) is 17.0 Å². The summed E-state index contributed by atoms with van der Waals surface area (Å²) < 4.78 is 27.1. The molecule has 0 saturated carbocycles. The topological polar surface area (TPSA) is 64.0 Å². The normalized spacial score (nSPS) is 22.0. The van der Waals surface area contributed by atoms with Gasteiger partial charge in [-0.3, -0.25) is 4.79 Å². The standard InChI is InChI=1S/C16H22F2N2O3/c1-19(8-9-21)11-16(23)6-3-7-20(15(16)22)10-12-4-2-5-13(17)14(12)18/h2,4-5,21,23H,3,6-11H2,1H3. The minimum atomic E-state index is -1.56. The molecule has 1 aromatic carbocycles. The lowest BCUT2D eigenvalue weighted by Gasteiger charge is -2.40. The van der Waals surface area contributed by atoms with Gasteiger partial charge in [-0.1, -0.05) is 12.1 Å². The number of likely N-dealkylation sites (tertiary alicyclic amines) is 1. The fraction of sp³-hybridized carbons (Fsp3) is 0.562. The van der Waals surface area contributed by atoms with E-state index in [4.69, 9.17) is 5.11 Å². The molecule has 0 bridgehead atoms. The van der Waals surface area contributed by atoms with E-state index >= 15 is 0 Å². The molecule has 1 unspecified atom stereocenters. The van der Waals surface area contributed by atoms with Crippen LogP contribution in [0.1, 0.15) is 18.4 Å². The lowest BCUT2D eigenvalue weighted by molar-refractivity contribution is -0.160. The molecule has 0 aromatic heterocycles. The van der Waals surface area contributed by atoms with E-state index in [0.717, 1.165) is 6.07 Å². The summed E-state index contributed by atoms with van der Waals surface area (Å²) in [5.74, 6) is -2.41. The van der Waals surface area contributed by atoms with Crippen molar-refractivity contribution in [3.63, 3.8) is 0 Å². The average molecular weight is 328 g/mol. The highest BCUT2D eigenvalue weighted by molar-refractivity contribution is 5.86. The summed E-state index contributed by atoms with van der Waals surface area (Å²) in [6, 6.07) is 3.84. The van der Waals surface area contributed by atoms with Crippen molar-refractivity contribution in [1.29, 1.82) is 0 Å². The molecule has 0 spiro atoms. The third-order valence-corrected chi connectivity index (χ3v) is 4.11. The van der Waals surface area contributed by atoms with Gasteiger partial charge in [0.2, 0.25) is 0 Å². The lowest BCUT2D eigenvalue weighted by atomic mass is 9.91. The smallest absolute Gasteiger partial charge is 0.256 e. The average Bonchev–Trinajstić information content (AvgIpc) is 2.49. The quantitative estimate of drug-likeness (QED) is 0.809. The number of aliphatic hydroxyl groups excluding tert-OH is 1. The second-order valence-corrected chi connectivity index (χ2v) is 6.04. The molecule has 1 heterocycles. The van der Waals surface area contributed by atoms with Gasteiger partial charge in [0.25, 0.3) is 5.91 Å². The van der Waals surface area contributed by atoms with Crippen molar-refractivity contribution >= 4 is 5.91 Å². The highest BCUT2D eigenvalue weighted by Gasteiger charge is 2.42. The number of halogens is 2. The van der Waals surface area contributed by atoms with Crippen LogP contribution in [0.25, 0.3) is 0 Å². The highest BCUT2D eigenvalue weighted by atomic mass is 19.2. The van der Waals surface area contributed by atoms with E-state index in [1.54, 1.807) is 11.9 Å². The van der Waals surface area contributed by atoms with E-state index in [1.807, 2.05) is 0 Å². The molecule has 1 aliphatic rings.